The van der Waals surface area contributed by atoms with Crippen LogP contribution in [0, 0.1) is 0 Å². The lowest BCUT2D eigenvalue weighted by Gasteiger charge is -2.36. The zero-order valence-corrected chi connectivity index (χ0v) is 33.4. The molecule has 1 nitrogen and oxygen atoms in total. The summed E-state index contributed by atoms with van der Waals surface area (Å²) in [5, 5.41) is 0. The van der Waals surface area contributed by atoms with E-state index in [2.05, 4.69) is 207 Å². The van der Waals surface area contributed by atoms with Gasteiger partial charge in [0.15, 0.2) is 0 Å². The summed E-state index contributed by atoms with van der Waals surface area (Å²) in [7, 11) is 0. The number of benzene rings is 8. The molecule has 3 aliphatic carbocycles. The van der Waals surface area contributed by atoms with Crippen molar-refractivity contribution in [3.05, 3.63) is 210 Å². The van der Waals surface area contributed by atoms with Crippen molar-refractivity contribution in [2.75, 3.05) is 4.90 Å². The van der Waals surface area contributed by atoms with E-state index in [1.807, 2.05) is 0 Å². The second kappa shape index (κ2) is 13.6. The van der Waals surface area contributed by atoms with E-state index >= 15 is 0 Å². The maximum atomic E-state index is 2.54. The van der Waals surface area contributed by atoms with Crippen molar-refractivity contribution in [3.8, 4) is 55.6 Å². The molecular formula is C57H47N. The average Bonchev–Trinajstić information content (AvgIpc) is 3.69. The molecule has 58 heavy (non-hydrogen) atoms. The molecule has 0 atom stereocenters. The van der Waals surface area contributed by atoms with Gasteiger partial charge in [0, 0.05) is 27.8 Å². The highest BCUT2D eigenvalue weighted by Crippen LogP contribution is 2.57. The minimum atomic E-state index is -0.0977. The van der Waals surface area contributed by atoms with Gasteiger partial charge in [-0.25, -0.2) is 0 Å². The molecule has 1 heteroatoms. The normalized spacial score (nSPS) is 15.3. The number of para-hydroxylation sites is 1. The van der Waals surface area contributed by atoms with Gasteiger partial charge in [-0.05, 0) is 115 Å². The molecule has 0 radical (unpaired) electrons. The zero-order valence-electron chi connectivity index (χ0n) is 33.4. The van der Waals surface area contributed by atoms with E-state index in [-0.39, 0.29) is 10.8 Å². The van der Waals surface area contributed by atoms with Crippen LogP contribution in [0.15, 0.2) is 188 Å². The number of anilines is 3. The highest BCUT2D eigenvalue weighted by atomic mass is 15.1. The van der Waals surface area contributed by atoms with Crippen molar-refractivity contribution in [3.63, 3.8) is 0 Å². The minimum absolute atomic E-state index is 0.0753. The Kier molecular flexibility index (Phi) is 8.15. The lowest BCUT2D eigenvalue weighted by Crippen LogP contribution is -2.28. The van der Waals surface area contributed by atoms with Gasteiger partial charge in [0.05, 0.1) is 5.69 Å². The molecule has 8 aromatic rings. The van der Waals surface area contributed by atoms with Gasteiger partial charge in [-0.3, -0.25) is 0 Å². The Morgan fingerprint density at radius 3 is 1.62 bits per heavy atom. The van der Waals surface area contributed by atoms with Crippen molar-refractivity contribution < 1.29 is 0 Å². The fourth-order valence-electron chi connectivity index (χ4n) is 11.1. The molecular weight excluding hydrogens is 699 g/mol. The third-order valence-electron chi connectivity index (χ3n) is 13.7. The maximum Gasteiger partial charge on any atom is 0.0540 e. The molecule has 0 amide bonds. The fraction of sp³-hybridized carbons (Fsp3) is 0.158. The van der Waals surface area contributed by atoms with E-state index < -0.39 is 0 Å². The van der Waals surface area contributed by atoms with Crippen LogP contribution in [-0.4, -0.2) is 0 Å². The average molecular weight is 746 g/mol. The molecule has 0 bridgehead atoms. The summed E-state index contributed by atoms with van der Waals surface area (Å²) >= 11 is 0. The van der Waals surface area contributed by atoms with Crippen molar-refractivity contribution in [2.24, 2.45) is 0 Å². The Morgan fingerprint density at radius 1 is 0.362 bits per heavy atom. The van der Waals surface area contributed by atoms with Gasteiger partial charge in [0.1, 0.15) is 0 Å². The van der Waals surface area contributed by atoms with Crippen molar-refractivity contribution in [1.29, 1.82) is 0 Å². The predicted molar refractivity (Wildman–Crippen MR) is 244 cm³/mol. The summed E-state index contributed by atoms with van der Waals surface area (Å²) in [5.41, 5.74) is 22.4. The molecule has 0 aromatic heterocycles. The monoisotopic (exact) mass is 745 g/mol. The SMILES string of the molecule is CC1(C)c2ccccc2-c2cccc(-c3ccccc3-c3ccc(N(c4ccc5c(c4)C4(CCCCC4)c4ccccc4-5)c4ccccc4-c4ccccc4)cc3)c21. The van der Waals surface area contributed by atoms with E-state index in [4.69, 9.17) is 0 Å². The van der Waals surface area contributed by atoms with E-state index in [1.165, 1.54) is 121 Å². The first-order valence-electron chi connectivity index (χ1n) is 21.2. The molecule has 1 saturated carbocycles. The molecule has 0 aliphatic heterocycles. The van der Waals surface area contributed by atoms with Gasteiger partial charge in [-0.15, -0.1) is 0 Å². The molecule has 0 unspecified atom stereocenters. The van der Waals surface area contributed by atoms with E-state index in [9.17, 15) is 0 Å². The second-order valence-electron chi connectivity index (χ2n) is 17.1. The fourth-order valence-corrected chi connectivity index (χ4v) is 11.1. The van der Waals surface area contributed by atoms with Gasteiger partial charge in [-0.2, -0.15) is 0 Å². The van der Waals surface area contributed by atoms with Crippen LogP contribution < -0.4 is 4.90 Å². The van der Waals surface area contributed by atoms with Crippen LogP contribution in [-0.2, 0) is 10.8 Å². The van der Waals surface area contributed by atoms with Crippen LogP contribution >= 0.6 is 0 Å². The largest absolute Gasteiger partial charge is 0.310 e. The lowest BCUT2D eigenvalue weighted by atomic mass is 9.68. The smallest absolute Gasteiger partial charge is 0.0540 e. The standard InChI is InChI=1S/C57H47N/c1-56(2)51-27-12-9-24-47(51)50-26-17-25-49(55(50)56)45-22-8-7-20-43(45)40-30-32-41(33-31-40)58(54-29-14-11-21-44(54)39-18-5-3-6-19-39)42-34-35-48-46-23-10-13-28-52(46)57(53(48)38-42)36-15-4-16-37-57/h3,5-14,17-35,38H,4,15-16,36-37H2,1-2H3. The Hall–Kier alpha value is -6.44. The summed E-state index contributed by atoms with van der Waals surface area (Å²) in [6.45, 7) is 4.77. The summed E-state index contributed by atoms with van der Waals surface area (Å²) in [6.07, 6.45) is 6.30. The van der Waals surface area contributed by atoms with Gasteiger partial charge >= 0.3 is 0 Å². The van der Waals surface area contributed by atoms with Crippen LogP contribution in [0.1, 0.15) is 68.2 Å². The highest BCUT2D eigenvalue weighted by molar-refractivity contribution is 5.94. The minimum Gasteiger partial charge on any atom is -0.310 e. The van der Waals surface area contributed by atoms with Gasteiger partial charge < -0.3 is 4.90 Å². The Labute approximate surface area is 343 Å². The number of hydrogen-bond acceptors (Lipinski definition) is 1. The van der Waals surface area contributed by atoms with Gasteiger partial charge in [0.25, 0.3) is 0 Å². The lowest BCUT2D eigenvalue weighted by molar-refractivity contribution is 0.353. The second-order valence-corrected chi connectivity index (χ2v) is 17.1. The van der Waals surface area contributed by atoms with Crippen molar-refractivity contribution in [1.82, 2.24) is 0 Å². The molecule has 1 spiro atoms. The van der Waals surface area contributed by atoms with Crippen molar-refractivity contribution in [2.45, 2.75) is 56.8 Å². The first-order chi connectivity index (χ1) is 28.5. The number of nitrogens with zero attached hydrogens (tertiary/aromatic N) is 1. The molecule has 3 aliphatic rings. The van der Waals surface area contributed by atoms with Crippen LogP contribution in [0.2, 0.25) is 0 Å². The van der Waals surface area contributed by atoms with Crippen LogP contribution in [0.5, 0.6) is 0 Å². The first kappa shape index (κ1) is 34.8. The third-order valence-corrected chi connectivity index (χ3v) is 13.7. The van der Waals surface area contributed by atoms with Gasteiger partial charge in [0.2, 0.25) is 0 Å². The van der Waals surface area contributed by atoms with Crippen LogP contribution in [0.25, 0.3) is 55.6 Å². The molecule has 0 N–H and O–H groups in total. The maximum absolute atomic E-state index is 2.54. The van der Waals surface area contributed by atoms with Crippen molar-refractivity contribution >= 4 is 17.1 Å². The summed E-state index contributed by atoms with van der Waals surface area (Å²) in [5.74, 6) is 0. The Balaban J connectivity index is 1.06. The van der Waals surface area contributed by atoms with E-state index in [0.29, 0.717) is 0 Å². The summed E-state index contributed by atoms with van der Waals surface area (Å²) in [6, 6.07) is 70.4. The molecule has 1 fully saturated rings. The summed E-state index contributed by atoms with van der Waals surface area (Å²) < 4.78 is 0. The molecule has 0 heterocycles. The molecule has 8 aromatic carbocycles. The Morgan fingerprint density at radius 2 is 0.879 bits per heavy atom. The van der Waals surface area contributed by atoms with Gasteiger partial charge in [-0.1, -0.05) is 191 Å². The van der Waals surface area contributed by atoms with E-state index in [1.54, 1.807) is 0 Å². The Bertz CT molecular complexity index is 2840. The number of fused-ring (bicyclic) bond motifs is 8. The quantitative estimate of drug-likeness (QED) is 0.164. The molecule has 0 saturated heterocycles. The molecule has 11 rings (SSSR count). The number of rotatable bonds is 6. The van der Waals surface area contributed by atoms with E-state index in [0.717, 1.165) is 5.69 Å². The molecule has 280 valence electrons. The zero-order chi connectivity index (χ0) is 38.8. The number of hydrogen-bond donors (Lipinski definition) is 0. The van der Waals surface area contributed by atoms with Crippen LogP contribution in [0.4, 0.5) is 17.1 Å². The highest BCUT2D eigenvalue weighted by Gasteiger charge is 2.44. The topological polar surface area (TPSA) is 3.24 Å². The third kappa shape index (κ3) is 5.30. The van der Waals surface area contributed by atoms with Crippen LogP contribution in [0.3, 0.4) is 0 Å². The first-order valence-corrected chi connectivity index (χ1v) is 21.2. The predicted octanol–water partition coefficient (Wildman–Crippen LogP) is 15.7. The summed E-state index contributed by atoms with van der Waals surface area (Å²) in [4.78, 5) is 2.50.